The zero-order valence-corrected chi connectivity index (χ0v) is 20.7. The molecule has 0 atom stereocenters. The van der Waals surface area contributed by atoms with Crippen molar-refractivity contribution in [2.45, 2.75) is 20.3 Å². The maximum atomic E-state index is 13.0. The molecule has 8 heteroatoms. The maximum absolute atomic E-state index is 13.0. The van der Waals surface area contributed by atoms with Crippen molar-refractivity contribution in [3.63, 3.8) is 0 Å². The Kier molecular flexibility index (Phi) is 7.79. The van der Waals surface area contributed by atoms with Gasteiger partial charge >= 0.3 is 0 Å². The number of anilines is 1. The van der Waals surface area contributed by atoms with Crippen LogP contribution in [-0.2, 0) is 4.79 Å². The molecule has 4 nitrogen and oxygen atoms in total. The summed E-state index contributed by atoms with van der Waals surface area (Å²) in [6.45, 7) is 5.09. The smallest absolute Gasteiger partial charge is 0.270 e. The molecule has 0 spiro atoms. The van der Waals surface area contributed by atoms with Gasteiger partial charge in [-0.3, -0.25) is 9.69 Å². The lowest BCUT2D eigenvalue weighted by atomic mass is 10.1. The number of hydrogen-bond acceptors (Lipinski definition) is 5. The number of carbonyl (C=O) groups excluding carboxylic acids is 1. The van der Waals surface area contributed by atoms with Gasteiger partial charge in [0.1, 0.15) is 0 Å². The second-order valence-corrected chi connectivity index (χ2v) is 9.55. The molecule has 0 aromatic heterocycles. The first-order valence-corrected chi connectivity index (χ1v) is 11.9. The lowest BCUT2D eigenvalue weighted by molar-refractivity contribution is -0.113. The molecule has 1 fully saturated rings. The van der Waals surface area contributed by atoms with Crippen LogP contribution in [0.15, 0.2) is 50.2 Å². The molecule has 29 heavy (non-hydrogen) atoms. The second kappa shape index (κ2) is 10.1. The van der Waals surface area contributed by atoms with Crippen LogP contribution in [0.3, 0.4) is 0 Å². The van der Waals surface area contributed by atoms with Crippen LogP contribution in [0.5, 0.6) is 11.5 Å². The predicted molar refractivity (Wildman–Crippen MR) is 131 cm³/mol. The van der Waals surface area contributed by atoms with Crippen molar-refractivity contribution in [1.29, 1.82) is 0 Å². The number of benzene rings is 2. The molecule has 3 rings (SSSR count). The first-order valence-electron chi connectivity index (χ1n) is 9.07. The van der Waals surface area contributed by atoms with E-state index in [2.05, 4.69) is 38.8 Å². The molecule has 1 saturated heterocycles. The highest BCUT2D eigenvalue weighted by Crippen LogP contribution is 2.40. The van der Waals surface area contributed by atoms with E-state index in [0.717, 1.165) is 26.6 Å². The van der Waals surface area contributed by atoms with Crippen molar-refractivity contribution in [2.75, 3.05) is 18.1 Å². The minimum absolute atomic E-state index is 0.140. The number of rotatable bonds is 7. The van der Waals surface area contributed by atoms with Crippen molar-refractivity contribution in [3.8, 4) is 11.5 Å². The number of ether oxygens (including phenoxy) is 2. The molecule has 1 amide bonds. The van der Waals surface area contributed by atoms with Gasteiger partial charge in [-0.05, 0) is 71.2 Å². The Hall–Kier alpha value is -1.35. The van der Waals surface area contributed by atoms with E-state index in [1.165, 1.54) is 11.8 Å². The molecule has 0 bridgehead atoms. The highest BCUT2D eigenvalue weighted by Gasteiger charge is 2.33. The zero-order chi connectivity index (χ0) is 21.0. The van der Waals surface area contributed by atoms with E-state index < -0.39 is 0 Å². The molecule has 2 aromatic carbocycles. The summed E-state index contributed by atoms with van der Waals surface area (Å²) in [7, 11) is 0. The van der Waals surface area contributed by atoms with Crippen LogP contribution < -0.4 is 14.4 Å². The standard InChI is InChI=1S/C21H19Br2NO3S2/c1-3-8-27-19-16(23)9-13(10-17(19)26-4-2)11-18-20(25)24(21(28)29-18)15-7-5-6-14(22)12-15/h5-7,9-12H,3-4,8H2,1-2H3/b18-11-. The van der Waals surface area contributed by atoms with E-state index in [1.54, 1.807) is 4.90 Å². The summed E-state index contributed by atoms with van der Waals surface area (Å²) in [5.41, 5.74) is 1.57. The number of thioether (sulfide) groups is 1. The summed E-state index contributed by atoms with van der Waals surface area (Å²) in [4.78, 5) is 15.1. The van der Waals surface area contributed by atoms with Gasteiger partial charge in [0, 0.05) is 4.47 Å². The summed E-state index contributed by atoms with van der Waals surface area (Å²) in [6, 6.07) is 11.3. The lowest BCUT2D eigenvalue weighted by Gasteiger charge is -2.15. The van der Waals surface area contributed by atoms with Crippen molar-refractivity contribution in [1.82, 2.24) is 0 Å². The fourth-order valence-corrected chi connectivity index (χ4v) is 5.00. The predicted octanol–water partition coefficient (Wildman–Crippen LogP) is 6.80. The lowest BCUT2D eigenvalue weighted by Crippen LogP contribution is -2.27. The monoisotopic (exact) mass is 555 g/mol. The van der Waals surface area contributed by atoms with Crippen LogP contribution in [-0.4, -0.2) is 23.4 Å². The Morgan fingerprint density at radius 3 is 2.66 bits per heavy atom. The Morgan fingerprint density at radius 2 is 1.97 bits per heavy atom. The fourth-order valence-electron chi connectivity index (χ4n) is 2.74. The maximum Gasteiger partial charge on any atom is 0.270 e. The average molecular weight is 557 g/mol. The quantitative estimate of drug-likeness (QED) is 0.277. The highest BCUT2D eigenvalue weighted by molar-refractivity contribution is 9.10. The summed E-state index contributed by atoms with van der Waals surface area (Å²) >= 11 is 13.7. The Labute approximate surface area is 196 Å². The van der Waals surface area contributed by atoms with Crippen LogP contribution >= 0.6 is 55.8 Å². The SMILES string of the molecule is CCCOc1c(Br)cc(/C=C2\SC(=S)N(c3cccc(Br)c3)C2=O)cc1OCC. The molecular weight excluding hydrogens is 538 g/mol. The third-order valence-corrected chi connectivity index (χ3v) is 6.32. The van der Waals surface area contributed by atoms with Crippen molar-refractivity contribution < 1.29 is 14.3 Å². The third-order valence-electron chi connectivity index (χ3n) is 3.94. The summed E-state index contributed by atoms with van der Waals surface area (Å²) in [5.74, 6) is 1.18. The molecule has 0 saturated carbocycles. The third kappa shape index (κ3) is 5.23. The molecule has 152 valence electrons. The van der Waals surface area contributed by atoms with Gasteiger partial charge < -0.3 is 9.47 Å². The van der Waals surface area contributed by atoms with E-state index in [9.17, 15) is 4.79 Å². The van der Waals surface area contributed by atoms with Crippen molar-refractivity contribution in [3.05, 3.63) is 55.8 Å². The van der Waals surface area contributed by atoms with E-state index >= 15 is 0 Å². The van der Waals surface area contributed by atoms with Crippen molar-refractivity contribution >= 4 is 77.8 Å². The van der Waals surface area contributed by atoms with Gasteiger partial charge in [-0.2, -0.15) is 0 Å². The molecule has 1 heterocycles. The number of carbonyl (C=O) groups is 1. The van der Waals surface area contributed by atoms with Gasteiger partial charge in [0.25, 0.3) is 5.91 Å². The average Bonchev–Trinajstić information content (AvgIpc) is 2.94. The summed E-state index contributed by atoms with van der Waals surface area (Å²) < 4.78 is 13.8. The van der Waals surface area contributed by atoms with E-state index in [0.29, 0.717) is 33.9 Å². The molecule has 1 aliphatic heterocycles. The van der Waals surface area contributed by atoms with Crippen LogP contribution in [0.4, 0.5) is 5.69 Å². The summed E-state index contributed by atoms with van der Waals surface area (Å²) in [5, 5.41) is 0. The Balaban J connectivity index is 1.93. The van der Waals surface area contributed by atoms with Crippen LogP contribution in [0.2, 0.25) is 0 Å². The van der Waals surface area contributed by atoms with Gasteiger partial charge in [0.05, 0.1) is 28.3 Å². The minimum Gasteiger partial charge on any atom is -0.490 e. The molecule has 0 aliphatic carbocycles. The van der Waals surface area contributed by atoms with Gasteiger partial charge in [0.15, 0.2) is 15.8 Å². The van der Waals surface area contributed by atoms with Crippen LogP contribution in [0, 0.1) is 0 Å². The second-order valence-electron chi connectivity index (χ2n) is 6.11. The van der Waals surface area contributed by atoms with E-state index in [4.69, 9.17) is 21.7 Å². The van der Waals surface area contributed by atoms with E-state index in [1.807, 2.05) is 49.4 Å². The van der Waals surface area contributed by atoms with Crippen molar-refractivity contribution in [2.24, 2.45) is 0 Å². The topological polar surface area (TPSA) is 38.8 Å². The van der Waals surface area contributed by atoms with Crippen LogP contribution in [0.25, 0.3) is 6.08 Å². The Morgan fingerprint density at radius 1 is 1.17 bits per heavy atom. The summed E-state index contributed by atoms with van der Waals surface area (Å²) in [6.07, 6.45) is 2.73. The molecule has 0 radical (unpaired) electrons. The number of halogens is 2. The number of amides is 1. The van der Waals surface area contributed by atoms with Gasteiger partial charge in [0.2, 0.25) is 0 Å². The normalized spacial score (nSPS) is 15.3. The first-order chi connectivity index (χ1) is 13.9. The molecule has 0 N–H and O–H groups in total. The Bertz CT molecular complexity index is 978. The first kappa shape index (κ1) is 22.3. The fraction of sp³-hybridized carbons (Fsp3) is 0.238. The highest BCUT2D eigenvalue weighted by atomic mass is 79.9. The molecule has 2 aromatic rings. The van der Waals surface area contributed by atoms with Crippen LogP contribution in [0.1, 0.15) is 25.8 Å². The molecule has 1 aliphatic rings. The van der Waals surface area contributed by atoms with Gasteiger partial charge in [-0.1, -0.05) is 52.9 Å². The zero-order valence-electron chi connectivity index (χ0n) is 15.9. The molecular formula is C21H19Br2NO3S2. The van der Waals surface area contributed by atoms with E-state index in [-0.39, 0.29) is 5.91 Å². The van der Waals surface area contributed by atoms with Gasteiger partial charge in [-0.25, -0.2) is 0 Å². The largest absolute Gasteiger partial charge is 0.490 e. The van der Waals surface area contributed by atoms with Gasteiger partial charge in [-0.15, -0.1) is 0 Å². The molecule has 0 unspecified atom stereocenters. The minimum atomic E-state index is -0.140. The number of nitrogens with zero attached hydrogens (tertiary/aromatic N) is 1. The number of thiocarbonyl (C=S) groups is 1. The number of hydrogen-bond donors (Lipinski definition) is 0.